The van der Waals surface area contributed by atoms with Crippen molar-refractivity contribution in [1.82, 2.24) is 5.32 Å². The molecule has 3 heteroatoms. The highest BCUT2D eigenvalue weighted by Crippen LogP contribution is 2.03. The van der Waals surface area contributed by atoms with E-state index in [1.807, 2.05) is 0 Å². The van der Waals surface area contributed by atoms with Crippen LogP contribution in [0.15, 0.2) is 0 Å². The Kier molecular flexibility index (Phi) is 6.60. The van der Waals surface area contributed by atoms with Crippen LogP contribution in [0.5, 0.6) is 0 Å². The van der Waals surface area contributed by atoms with Gasteiger partial charge in [-0.25, -0.2) is 0 Å². The lowest BCUT2D eigenvalue weighted by molar-refractivity contribution is 0.379. The van der Waals surface area contributed by atoms with E-state index in [-0.39, 0.29) is 0 Å². The highest BCUT2D eigenvalue weighted by molar-refractivity contribution is 7.84. The van der Waals surface area contributed by atoms with Crippen LogP contribution in [-0.2, 0) is 10.8 Å². The molecule has 0 aromatic heterocycles. The molecule has 0 saturated heterocycles. The Morgan fingerprint density at radius 1 is 1.23 bits per heavy atom. The van der Waals surface area contributed by atoms with Crippen molar-refractivity contribution in [1.29, 1.82) is 0 Å². The first kappa shape index (κ1) is 13.1. The summed E-state index contributed by atoms with van der Waals surface area (Å²) in [6.45, 7) is 8.78. The van der Waals surface area contributed by atoms with E-state index >= 15 is 0 Å². The molecule has 0 aromatic rings. The monoisotopic (exact) mass is 205 g/mol. The summed E-state index contributed by atoms with van der Waals surface area (Å²) in [4.78, 5) is 0. The van der Waals surface area contributed by atoms with E-state index in [1.165, 1.54) is 0 Å². The summed E-state index contributed by atoms with van der Waals surface area (Å²) in [5, 5.41) is 3.50. The van der Waals surface area contributed by atoms with Gasteiger partial charge in [-0.2, -0.15) is 0 Å². The Morgan fingerprint density at radius 2 is 1.77 bits per heavy atom. The predicted molar refractivity (Wildman–Crippen MR) is 60.4 cm³/mol. The fourth-order valence-corrected chi connectivity index (χ4v) is 1.75. The lowest BCUT2D eigenvalue weighted by Gasteiger charge is -2.22. The molecule has 3 atom stereocenters. The maximum absolute atomic E-state index is 10.9. The lowest BCUT2D eigenvalue weighted by Crippen LogP contribution is -2.38. The largest absolute Gasteiger partial charge is 0.311 e. The highest BCUT2D eigenvalue weighted by Gasteiger charge is 2.10. The minimum absolute atomic E-state index is 0.473. The van der Waals surface area contributed by atoms with Gasteiger partial charge >= 0.3 is 0 Å². The van der Waals surface area contributed by atoms with Crippen molar-refractivity contribution in [2.45, 2.75) is 46.2 Å². The molecule has 0 bridgehead atoms. The normalized spacial score (nSPS) is 18.6. The van der Waals surface area contributed by atoms with Gasteiger partial charge in [0.25, 0.3) is 0 Å². The number of nitrogens with one attached hydrogen (secondary N) is 1. The minimum atomic E-state index is -0.652. The Balaban J connectivity index is 3.61. The van der Waals surface area contributed by atoms with Crippen molar-refractivity contribution in [3.05, 3.63) is 0 Å². The summed E-state index contributed by atoms with van der Waals surface area (Å²) in [5.74, 6) is 1.47. The molecular formula is C10H23NOS. The highest BCUT2D eigenvalue weighted by atomic mass is 32.2. The van der Waals surface area contributed by atoms with Crippen LogP contribution < -0.4 is 5.32 Å². The molecule has 0 aliphatic heterocycles. The standard InChI is InChI=1S/C10H23NOS/c1-8(2)10(4)11-9(3)6-7-13(5)12/h8-11H,6-7H2,1-5H3. The van der Waals surface area contributed by atoms with Crippen molar-refractivity contribution in [2.75, 3.05) is 12.0 Å². The average molecular weight is 205 g/mol. The van der Waals surface area contributed by atoms with Crippen LogP contribution in [0.1, 0.15) is 34.1 Å². The molecule has 0 heterocycles. The quantitative estimate of drug-likeness (QED) is 0.716. The SMILES string of the molecule is CC(CCS(C)=O)NC(C)C(C)C. The van der Waals surface area contributed by atoms with Gasteiger partial charge in [0.05, 0.1) is 0 Å². The van der Waals surface area contributed by atoms with E-state index in [0.29, 0.717) is 18.0 Å². The Hall–Kier alpha value is 0.110. The number of rotatable bonds is 6. The molecule has 0 aliphatic carbocycles. The van der Waals surface area contributed by atoms with Crippen LogP contribution in [0.2, 0.25) is 0 Å². The van der Waals surface area contributed by atoms with Crippen molar-refractivity contribution < 1.29 is 4.21 Å². The van der Waals surface area contributed by atoms with Crippen LogP contribution in [0.3, 0.4) is 0 Å². The molecule has 0 saturated carbocycles. The predicted octanol–water partition coefficient (Wildman–Crippen LogP) is 1.78. The Bertz CT molecular complexity index is 159. The zero-order chi connectivity index (χ0) is 10.4. The zero-order valence-corrected chi connectivity index (χ0v) is 10.3. The summed E-state index contributed by atoms with van der Waals surface area (Å²) in [7, 11) is -0.652. The second kappa shape index (κ2) is 6.55. The summed E-state index contributed by atoms with van der Waals surface area (Å²) in [6, 6.07) is 1.02. The van der Waals surface area contributed by atoms with Crippen molar-refractivity contribution in [3.8, 4) is 0 Å². The molecule has 80 valence electrons. The Labute approximate surface area is 84.9 Å². The van der Waals surface area contributed by atoms with Gasteiger partial charge in [0.1, 0.15) is 0 Å². The summed E-state index contributed by atoms with van der Waals surface area (Å²) < 4.78 is 10.9. The van der Waals surface area contributed by atoms with Gasteiger partial charge in [0, 0.05) is 34.9 Å². The van der Waals surface area contributed by atoms with Crippen LogP contribution in [0, 0.1) is 5.92 Å². The second-order valence-electron chi connectivity index (χ2n) is 4.17. The van der Waals surface area contributed by atoms with Gasteiger partial charge in [-0.15, -0.1) is 0 Å². The van der Waals surface area contributed by atoms with Gasteiger partial charge in [-0.1, -0.05) is 13.8 Å². The zero-order valence-electron chi connectivity index (χ0n) is 9.46. The van der Waals surface area contributed by atoms with Gasteiger partial charge in [0.15, 0.2) is 0 Å². The van der Waals surface area contributed by atoms with Gasteiger partial charge in [-0.05, 0) is 26.2 Å². The number of hydrogen-bond acceptors (Lipinski definition) is 2. The molecule has 1 N–H and O–H groups in total. The van der Waals surface area contributed by atoms with Crippen LogP contribution in [-0.4, -0.2) is 28.3 Å². The summed E-state index contributed by atoms with van der Waals surface area (Å²) in [5.41, 5.74) is 0. The molecule has 0 amide bonds. The lowest BCUT2D eigenvalue weighted by atomic mass is 10.1. The Morgan fingerprint density at radius 3 is 2.15 bits per heavy atom. The average Bonchev–Trinajstić information content (AvgIpc) is 2.00. The van der Waals surface area contributed by atoms with E-state index in [1.54, 1.807) is 6.26 Å². The van der Waals surface area contributed by atoms with E-state index in [2.05, 4.69) is 33.0 Å². The molecule has 0 fully saturated rings. The van der Waals surface area contributed by atoms with Crippen LogP contribution in [0.4, 0.5) is 0 Å². The van der Waals surface area contributed by atoms with E-state index in [4.69, 9.17) is 0 Å². The third-order valence-corrected chi connectivity index (χ3v) is 3.20. The van der Waals surface area contributed by atoms with Crippen molar-refractivity contribution >= 4 is 10.8 Å². The van der Waals surface area contributed by atoms with Crippen LogP contribution in [0.25, 0.3) is 0 Å². The molecule has 0 radical (unpaired) electrons. The first-order valence-electron chi connectivity index (χ1n) is 4.99. The second-order valence-corrected chi connectivity index (χ2v) is 5.72. The fourth-order valence-electron chi connectivity index (χ4n) is 1.07. The summed E-state index contributed by atoms with van der Waals surface area (Å²) in [6.07, 6.45) is 2.76. The number of hydrogen-bond donors (Lipinski definition) is 1. The molecule has 0 rings (SSSR count). The van der Waals surface area contributed by atoms with Crippen molar-refractivity contribution in [2.24, 2.45) is 5.92 Å². The van der Waals surface area contributed by atoms with Gasteiger partial charge < -0.3 is 5.32 Å². The molecule has 13 heavy (non-hydrogen) atoms. The van der Waals surface area contributed by atoms with E-state index in [9.17, 15) is 4.21 Å². The summed E-state index contributed by atoms with van der Waals surface area (Å²) >= 11 is 0. The maximum Gasteiger partial charge on any atom is 0.0246 e. The molecule has 0 aromatic carbocycles. The maximum atomic E-state index is 10.9. The van der Waals surface area contributed by atoms with Crippen molar-refractivity contribution in [3.63, 3.8) is 0 Å². The van der Waals surface area contributed by atoms with Gasteiger partial charge in [-0.3, -0.25) is 4.21 Å². The van der Waals surface area contributed by atoms with E-state index < -0.39 is 10.8 Å². The first-order chi connectivity index (χ1) is 5.93. The molecular weight excluding hydrogens is 182 g/mol. The first-order valence-corrected chi connectivity index (χ1v) is 6.72. The minimum Gasteiger partial charge on any atom is -0.311 e. The molecule has 2 nitrogen and oxygen atoms in total. The van der Waals surface area contributed by atoms with Crippen LogP contribution >= 0.6 is 0 Å². The smallest absolute Gasteiger partial charge is 0.0246 e. The third-order valence-electron chi connectivity index (χ3n) is 2.39. The van der Waals surface area contributed by atoms with Gasteiger partial charge in [0.2, 0.25) is 0 Å². The molecule has 0 spiro atoms. The third kappa shape index (κ3) is 7.20. The topological polar surface area (TPSA) is 29.1 Å². The fraction of sp³-hybridized carbons (Fsp3) is 1.00. The molecule has 3 unspecified atom stereocenters. The van der Waals surface area contributed by atoms with E-state index in [0.717, 1.165) is 12.2 Å². The molecule has 0 aliphatic rings.